The van der Waals surface area contributed by atoms with Crippen molar-refractivity contribution in [3.63, 3.8) is 0 Å². The lowest BCUT2D eigenvalue weighted by Gasteiger charge is -2.34. The molecule has 26 heavy (non-hydrogen) atoms. The molecule has 1 N–H and O–H groups in total. The lowest BCUT2D eigenvalue weighted by molar-refractivity contribution is -0.118. The molecule has 0 saturated carbocycles. The van der Waals surface area contributed by atoms with Gasteiger partial charge in [0.25, 0.3) is 5.91 Å². The maximum atomic E-state index is 12.5. The predicted molar refractivity (Wildman–Crippen MR) is 102 cm³/mol. The highest BCUT2D eigenvalue weighted by Crippen LogP contribution is 2.30. The van der Waals surface area contributed by atoms with Gasteiger partial charge in [-0.15, -0.1) is 0 Å². The molecule has 0 spiro atoms. The van der Waals surface area contributed by atoms with Gasteiger partial charge in [0.05, 0.1) is 12.8 Å². The number of piperazine rings is 1. The van der Waals surface area contributed by atoms with Gasteiger partial charge in [0.1, 0.15) is 5.75 Å². The van der Waals surface area contributed by atoms with Crippen molar-refractivity contribution in [3.05, 3.63) is 53.1 Å². The number of nitrogens with zero attached hydrogens (tertiary/aromatic N) is 2. The van der Waals surface area contributed by atoms with Crippen molar-refractivity contribution >= 4 is 35.3 Å². The van der Waals surface area contributed by atoms with Crippen LogP contribution in [0.25, 0.3) is 0 Å². The number of carbonyl (C=O) groups excluding carboxylic acids is 2. The van der Waals surface area contributed by atoms with Gasteiger partial charge in [-0.3, -0.25) is 9.59 Å². The molecule has 0 atom stereocenters. The van der Waals surface area contributed by atoms with E-state index < -0.39 is 0 Å². The van der Waals surface area contributed by atoms with Crippen LogP contribution < -0.4 is 15.0 Å². The van der Waals surface area contributed by atoms with Gasteiger partial charge >= 0.3 is 0 Å². The zero-order valence-corrected chi connectivity index (χ0v) is 15.2. The van der Waals surface area contributed by atoms with E-state index in [9.17, 15) is 9.59 Å². The Balaban J connectivity index is 1.78. The van der Waals surface area contributed by atoms with Crippen molar-refractivity contribution in [2.45, 2.75) is 0 Å². The highest BCUT2D eigenvalue weighted by molar-refractivity contribution is 6.30. The Hall–Kier alpha value is -2.73. The number of anilines is 2. The molecular weight excluding hydrogens is 354 g/mol. The molecule has 6 nitrogen and oxygen atoms in total. The average molecular weight is 374 g/mol. The predicted octanol–water partition coefficient (Wildman–Crippen LogP) is 2.88. The van der Waals surface area contributed by atoms with Crippen LogP contribution in [0, 0.1) is 0 Å². The molecule has 1 saturated heterocycles. The normalized spacial score (nSPS) is 14.1. The van der Waals surface area contributed by atoms with E-state index >= 15 is 0 Å². The molecule has 0 bridgehead atoms. The van der Waals surface area contributed by atoms with Crippen LogP contribution in [0.5, 0.6) is 5.75 Å². The van der Waals surface area contributed by atoms with Crippen LogP contribution in [-0.2, 0) is 4.79 Å². The van der Waals surface area contributed by atoms with Gasteiger partial charge in [0.15, 0.2) is 0 Å². The van der Waals surface area contributed by atoms with Crippen molar-refractivity contribution in [2.75, 3.05) is 43.5 Å². The Morgan fingerprint density at radius 2 is 1.81 bits per heavy atom. The third kappa shape index (κ3) is 4.08. The summed E-state index contributed by atoms with van der Waals surface area (Å²) < 4.78 is 5.37. The van der Waals surface area contributed by atoms with Gasteiger partial charge < -0.3 is 19.9 Å². The molecule has 0 radical (unpaired) electrons. The number of hydrogen-bond acceptors (Lipinski definition) is 4. The van der Waals surface area contributed by atoms with Gasteiger partial charge in [0.2, 0.25) is 6.41 Å². The molecule has 3 rings (SSSR count). The van der Waals surface area contributed by atoms with Gasteiger partial charge in [-0.1, -0.05) is 11.6 Å². The van der Waals surface area contributed by atoms with Crippen molar-refractivity contribution in [1.82, 2.24) is 4.90 Å². The topological polar surface area (TPSA) is 61.9 Å². The van der Waals surface area contributed by atoms with Crippen molar-refractivity contribution in [2.24, 2.45) is 0 Å². The molecule has 136 valence electrons. The second-order valence-electron chi connectivity index (χ2n) is 5.97. The molecule has 1 heterocycles. The third-order valence-electron chi connectivity index (χ3n) is 4.37. The Morgan fingerprint density at radius 3 is 2.42 bits per heavy atom. The number of hydrogen-bond donors (Lipinski definition) is 1. The molecule has 7 heteroatoms. The van der Waals surface area contributed by atoms with Crippen LogP contribution in [0.4, 0.5) is 11.4 Å². The quantitative estimate of drug-likeness (QED) is 0.819. The molecule has 2 aromatic carbocycles. The van der Waals surface area contributed by atoms with E-state index in [0.29, 0.717) is 35.1 Å². The molecule has 2 aromatic rings. The largest absolute Gasteiger partial charge is 0.495 e. The van der Waals surface area contributed by atoms with E-state index in [1.54, 1.807) is 36.3 Å². The van der Waals surface area contributed by atoms with E-state index in [1.807, 2.05) is 18.2 Å². The number of benzene rings is 2. The van der Waals surface area contributed by atoms with Crippen LogP contribution in [0.2, 0.25) is 5.02 Å². The Labute approximate surface area is 157 Å². The molecule has 1 aliphatic heterocycles. The number of ether oxygens (including phenoxy) is 1. The number of amides is 2. The van der Waals surface area contributed by atoms with Crippen LogP contribution in [0.1, 0.15) is 10.4 Å². The minimum absolute atomic E-state index is 0.233. The molecule has 0 unspecified atom stereocenters. The first-order valence-corrected chi connectivity index (χ1v) is 8.68. The fourth-order valence-electron chi connectivity index (χ4n) is 2.87. The van der Waals surface area contributed by atoms with Crippen molar-refractivity contribution < 1.29 is 14.3 Å². The van der Waals surface area contributed by atoms with Gasteiger partial charge in [0, 0.05) is 42.5 Å². The smallest absolute Gasteiger partial charge is 0.255 e. The summed E-state index contributed by atoms with van der Waals surface area (Å²) in [5, 5.41) is 3.48. The maximum Gasteiger partial charge on any atom is 0.255 e. The minimum atomic E-state index is -0.233. The molecule has 2 amide bonds. The summed E-state index contributed by atoms with van der Waals surface area (Å²) in [5.41, 5.74) is 2.09. The highest BCUT2D eigenvalue weighted by Gasteiger charge is 2.18. The van der Waals surface area contributed by atoms with Crippen LogP contribution >= 0.6 is 11.6 Å². The van der Waals surface area contributed by atoms with Gasteiger partial charge in [-0.25, -0.2) is 0 Å². The Morgan fingerprint density at radius 1 is 1.12 bits per heavy atom. The molecular formula is C19H20ClN3O3. The van der Waals surface area contributed by atoms with E-state index in [4.69, 9.17) is 16.3 Å². The first-order valence-electron chi connectivity index (χ1n) is 8.30. The number of rotatable bonds is 5. The monoisotopic (exact) mass is 373 g/mol. The summed E-state index contributed by atoms with van der Waals surface area (Å²) in [4.78, 5) is 27.3. The summed E-state index contributed by atoms with van der Waals surface area (Å²) in [6.45, 7) is 2.86. The second-order valence-corrected chi connectivity index (χ2v) is 6.41. The summed E-state index contributed by atoms with van der Waals surface area (Å²) in [5.74, 6) is 0.352. The van der Waals surface area contributed by atoms with Crippen molar-refractivity contribution in [3.8, 4) is 5.75 Å². The van der Waals surface area contributed by atoms with E-state index in [-0.39, 0.29) is 5.91 Å². The number of halogens is 1. The standard InChI is InChI=1S/C19H20ClN3O3/c1-26-18-7-6-16(23-10-8-22(13-24)9-11-23)12-17(18)21-19(25)14-2-4-15(20)5-3-14/h2-7,12-13H,8-11H2,1H3,(H,21,25). The van der Waals surface area contributed by atoms with E-state index in [2.05, 4.69) is 10.2 Å². The lowest BCUT2D eigenvalue weighted by atomic mass is 10.2. The molecule has 1 fully saturated rings. The third-order valence-corrected chi connectivity index (χ3v) is 4.62. The zero-order chi connectivity index (χ0) is 18.5. The summed E-state index contributed by atoms with van der Waals surface area (Å²) in [6, 6.07) is 12.4. The SMILES string of the molecule is COc1ccc(N2CCN(C=O)CC2)cc1NC(=O)c1ccc(Cl)cc1. The Bertz CT molecular complexity index is 787. The highest BCUT2D eigenvalue weighted by atomic mass is 35.5. The first kappa shape index (κ1) is 18.1. The summed E-state index contributed by atoms with van der Waals surface area (Å²) >= 11 is 5.87. The van der Waals surface area contributed by atoms with Crippen LogP contribution in [-0.4, -0.2) is 50.5 Å². The fourth-order valence-corrected chi connectivity index (χ4v) is 3.00. The fraction of sp³-hybridized carbons (Fsp3) is 0.263. The van der Waals surface area contributed by atoms with E-state index in [0.717, 1.165) is 25.2 Å². The minimum Gasteiger partial charge on any atom is -0.495 e. The lowest BCUT2D eigenvalue weighted by Crippen LogP contribution is -2.45. The van der Waals surface area contributed by atoms with Crippen molar-refractivity contribution in [1.29, 1.82) is 0 Å². The average Bonchev–Trinajstić information content (AvgIpc) is 2.68. The van der Waals surface area contributed by atoms with Crippen LogP contribution in [0.15, 0.2) is 42.5 Å². The molecule has 0 aliphatic carbocycles. The summed E-state index contributed by atoms with van der Waals surface area (Å²) in [6.07, 6.45) is 0.878. The maximum absolute atomic E-state index is 12.5. The van der Waals surface area contributed by atoms with E-state index in [1.165, 1.54) is 0 Å². The zero-order valence-electron chi connectivity index (χ0n) is 14.4. The van der Waals surface area contributed by atoms with Gasteiger partial charge in [-0.2, -0.15) is 0 Å². The Kier molecular flexibility index (Phi) is 5.63. The number of methoxy groups -OCH3 is 1. The first-order chi connectivity index (χ1) is 12.6. The van der Waals surface area contributed by atoms with Gasteiger partial charge in [-0.05, 0) is 42.5 Å². The number of carbonyl (C=O) groups is 2. The summed E-state index contributed by atoms with van der Waals surface area (Å²) in [7, 11) is 1.57. The molecule has 0 aromatic heterocycles. The second kappa shape index (κ2) is 8.10. The molecule has 1 aliphatic rings. The van der Waals surface area contributed by atoms with Crippen LogP contribution in [0.3, 0.4) is 0 Å². The number of nitrogens with one attached hydrogen (secondary N) is 1.